The van der Waals surface area contributed by atoms with E-state index in [9.17, 15) is 39.6 Å². The molecule has 4 aromatic carbocycles. The van der Waals surface area contributed by atoms with Crippen molar-refractivity contribution < 1.29 is 48.7 Å². The van der Waals surface area contributed by atoms with Gasteiger partial charge in [-0.1, -0.05) is 48.5 Å². The molecule has 0 spiro atoms. The molecular weight excluding hydrogens is 715 g/mol. The highest BCUT2D eigenvalue weighted by molar-refractivity contribution is 5.95. The Balaban J connectivity index is 0.975. The van der Waals surface area contributed by atoms with Gasteiger partial charge in [-0.05, 0) is 60.4 Å². The van der Waals surface area contributed by atoms with Crippen LogP contribution in [0.3, 0.4) is 0 Å². The van der Waals surface area contributed by atoms with Gasteiger partial charge in [0.25, 0.3) is 11.8 Å². The third-order valence-corrected chi connectivity index (χ3v) is 9.49. The lowest BCUT2D eigenvalue weighted by Crippen LogP contribution is -2.54. The van der Waals surface area contributed by atoms with Gasteiger partial charge in [0, 0.05) is 47.8 Å². The Hall–Kier alpha value is -6.29. The molecule has 5 aromatic rings. The number of phenolic OH excluding ortho intramolecular Hbond substituents is 1. The summed E-state index contributed by atoms with van der Waals surface area (Å²) in [5, 5.41) is 51.0. The van der Waals surface area contributed by atoms with Gasteiger partial charge in [-0.25, -0.2) is 9.18 Å². The summed E-state index contributed by atoms with van der Waals surface area (Å²) in [5.41, 5.74) is -1.67. The van der Waals surface area contributed by atoms with Gasteiger partial charge in [-0.2, -0.15) is 0 Å². The number of carbonyl (C=O) groups excluding carboxylic acids is 2. The van der Waals surface area contributed by atoms with Gasteiger partial charge < -0.3 is 50.8 Å². The maximum Gasteiger partial charge on any atom is 0.345 e. The van der Waals surface area contributed by atoms with Crippen molar-refractivity contribution in [1.82, 2.24) is 20.9 Å². The average molecular weight is 755 g/mol. The van der Waals surface area contributed by atoms with E-state index in [0.717, 1.165) is 0 Å². The summed E-state index contributed by atoms with van der Waals surface area (Å²) in [5.74, 6) is -3.05. The van der Waals surface area contributed by atoms with Crippen molar-refractivity contribution in [2.75, 3.05) is 20.3 Å². The maximum atomic E-state index is 15.2. The number of aromatic amines is 1. The largest absolute Gasteiger partial charge is 0.506 e. The summed E-state index contributed by atoms with van der Waals surface area (Å²) < 4.78 is 26.2. The van der Waals surface area contributed by atoms with Gasteiger partial charge in [-0.3, -0.25) is 14.4 Å². The molecule has 0 radical (unpaired) electrons. The third-order valence-electron chi connectivity index (χ3n) is 9.49. The first kappa shape index (κ1) is 38.4. The molecule has 0 unspecified atom stereocenters. The van der Waals surface area contributed by atoms with Gasteiger partial charge >= 0.3 is 5.97 Å². The number of hydrogen-bond acceptors (Lipinski definition) is 10. The number of hydrogen-bond donors (Lipinski definition) is 8. The number of methoxy groups -OCH3 is 1. The van der Waals surface area contributed by atoms with Crippen molar-refractivity contribution in [2.45, 2.75) is 43.2 Å². The minimum absolute atomic E-state index is 0.0383. The SMILES string of the molecule is COc1cc(C(=O)N[C@H]2C[C@H](NC(=O)COc3cccc([C@](O)(C(=O)O)c4ccccc4)c3)C2)c(F)cc1CNC[C@H](O)c1ccc(O)c2[nH]c(=O)ccc12. The van der Waals surface area contributed by atoms with Crippen LogP contribution in [0, 0.1) is 5.82 Å². The zero-order valence-electron chi connectivity index (χ0n) is 29.5. The molecule has 2 amide bonds. The van der Waals surface area contributed by atoms with Crippen molar-refractivity contribution >= 4 is 28.7 Å². The molecule has 1 heterocycles. The van der Waals surface area contributed by atoms with E-state index in [1.165, 1.54) is 73.8 Å². The fourth-order valence-electron chi connectivity index (χ4n) is 6.54. The van der Waals surface area contributed by atoms with Crippen LogP contribution in [0.5, 0.6) is 17.2 Å². The molecule has 55 heavy (non-hydrogen) atoms. The van der Waals surface area contributed by atoms with E-state index in [2.05, 4.69) is 20.9 Å². The van der Waals surface area contributed by atoms with Crippen LogP contribution in [0.2, 0.25) is 0 Å². The highest BCUT2D eigenvalue weighted by Gasteiger charge is 2.40. The van der Waals surface area contributed by atoms with E-state index in [4.69, 9.17) is 9.47 Å². The molecule has 1 saturated carbocycles. The summed E-state index contributed by atoms with van der Waals surface area (Å²) in [6.07, 6.45) is -0.250. The number of aliphatic hydroxyl groups excluding tert-OH is 1. The smallest absolute Gasteiger partial charge is 0.345 e. The summed E-state index contributed by atoms with van der Waals surface area (Å²) in [7, 11) is 1.39. The Morgan fingerprint density at radius 2 is 1.67 bits per heavy atom. The van der Waals surface area contributed by atoms with E-state index < -0.39 is 40.9 Å². The number of carboxylic acid groups (broad SMARTS) is 1. The number of amides is 2. The fourth-order valence-corrected chi connectivity index (χ4v) is 6.54. The fraction of sp³-hybridized carbons (Fsp3) is 0.250. The number of aromatic nitrogens is 1. The first-order valence-corrected chi connectivity index (χ1v) is 17.3. The van der Waals surface area contributed by atoms with Crippen LogP contribution in [-0.2, 0) is 21.7 Å². The monoisotopic (exact) mass is 754 g/mol. The molecule has 6 rings (SSSR count). The molecule has 1 aliphatic rings. The lowest BCUT2D eigenvalue weighted by Gasteiger charge is -2.36. The Bertz CT molecular complexity index is 2280. The summed E-state index contributed by atoms with van der Waals surface area (Å²) in [6, 6.07) is 21.4. The van der Waals surface area contributed by atoms with Crippen molar-refractivity contribution in [2.24, 2.45) is 0 Å². The Kier molecular flexibility index (Phi) is 11.4. The minimum Gasteiger partial charge on any atom is -0.506 e. The average Bonchev–Trinajstić information content (AvgIpc) is 3.16. The standard InChI is InChI=1S/C40H39FN4O10/c1-54-34-18-30(31(41)14-22(34)19-42-20-33(47)28-10-12-32(46)37-29(28)11-13-35(48)45-37)38(50)44-26-16-25(17-26)43-36(49)21-55-27-9-5-8-24(15-27)40(53,39(51)52)23-6-3-2-4-7-23/h2-15,18,25-26,33,42,46-47,53H,16-17,19-21H2,1H3,(H,43,49)(H,44,50)(H,45,48)(H,51,52)/t25-,26-,33-,40-/m0/s1. The van der Waals surface area contributed by atoms with Crippen molar-refractivity contribution in [3.8, 4) is 17.2 Å². The van der Waals surface area contributed by atoms with Crippen LogP contribution in [0.4, 0.5) is 4.39 Å². The van der Waals surface area contributed by atoms with Crippen molar-refractivity contribution in [1.29, 1.82) is 0 Å². The molecule has 1 aliphatic carbocycles. The molecule has 8 N–H and O–H groups in total. The molecule has 286 valence electrons. The molecule has 14 nitrogen and oxygen atoms in total. The van der Waals surface area contributed by atoms with Crippen LogP contribution >= 0.6 is 0 Å². The minimum atomic E-state index is -2.33. The van der Waals surface area contributed by atoms with E-state index in [0.29, 0.717) is 29.4 Å². The second-order valence-corrected chi connectivity index (χ2v) is 13.2. The zero-order valence-corrected chi connectivity index (χ0v) is 29.5. The number of ether oxygens (including phenoxy) is 2. The summed E-state index contributed by atoms with van der Waals surface area (Å²) in [4.78, 5) is 52.0. The molecular formula is C40H39FN4O10. The van der Waals surface area contributed by atoms with Crippen LogP contribution in [0.1, 0.15) is 51.6 Å². The maximum absolute atomic E-state index is 15.2. The lowest BCUT2D eigenvalue weighted by atomic mass is 9.86. The van der Waals surface area contributed by atoms with Gasteiger partial charge in [0.2, 0.25) is 11.2 Å². The Labute approximate surface area is 313 Å². The Morgan fingerprint density at radius 1 is 0.945 bits per heavy atom. The third kappa shape index (κ3) is 8.44. The highest BCUT2D eigenvalue weighted by Crippen LogP contribution is 2.33. The molecule has 1 aromatic heterocycles. The van der Waals surface area contributed by atoms with E-state index in [1.807, 2.05) is 0 Å². The number of carbonyl (C=O) groups is 3. The summed E-state index contributed by atoms with van der Waals surface area (Å²) >= 11 is 0. The number of fused-ring (bicyclic) bond motifs is 1. The van der Waals surface area contributed by atoms with Crippen molar-refractivity contribution in [3.63, 3.8) is 0 Å². The highest BCUT2D eigenvalue weighted by atomic mass is 19.1. The predicted molar refractivity (Wildman–Crippen MR) is 197 cm³/mol. The number of phenols is 1. The number of aromatic hydroxyl groups is 1. The van der Waals surface area contributed by atoms with E-state index in [1.54, 1.807) is 24.3 Å². The molecule has 15 heteroatoms. The number of H-pyrrole nitrogens is 1. The number of halogens is 1. The summed E-state index contributed by atoms with van der Waals surface area (Å²) in [6.45, 7) is -0.255. The molecule has 0 aliphatic heterocycles. The van der Waals surface area contributed by atoms with Crippen LogP contribution < -0.4 is 31.0 Å². The van der Waals surface area contributed by atoms with E-state index in [-0.39, 0.29) is 71.2 Å². The molecule has 1 fully saturated rings. The molecule has 0 saturated heterocycles. The number of aliphatic carboxylic acids is 1. The molecule has 0 bridgehead atoms. The van der Waals surface area contributed by atoms with E-state index >= 15 is 4.39 Å². The van der Waals surface area contributed by atoms with Gasteiger partial charge in [-0.15, -0.1) is 0 Å². The molecule has 2 atom stereocenters. The number of pyridine rings is 1. The number of aliphatic hydroxyl groups is 2. The van der Waals surface area contributed by atoms with Crippen LogP contribution in [0.25, 0.3) is 10.9 Å². The van der Waals surface area contributed by atoms with Gasteiger partial charge in [0.1, 0.15) is 23.1 Å². The lowest BCUT2D eigenvalue weighted by molar-refractivity contribution is -0.155. The number of benzene rings is 4. The van der Waals surface area contributed by atoms with Crippen LogP contribution in [-0.4, -0.2) is 75.5 Å². The quantitative estimate of drug-likeness (QED) is 0.0777. The van der Waals surface area contributed by atoms with Crippen LogP contribution in [0.15, 0.2) is 95.8 Å². The van der Waals surface area contributed by atoms with Gasteiger partial charge in [0.15, 0.2) is 6.61 Å². The van der Waals surface area contributed by atoms with Crippen molar-refractivity contribution in [3.05, 3.63) is 135 Å². The topological polar surface area (TPSA) is 220 Å². The first-order valence-electron chi connectivity index (χ1n) is 17.3. The number of nitrogens with one attached hydrogen (secondary N) is 4. The number of carboxylic acids is 1. The first-order chi connectivity index (χ1) is 26.4. The number of rotatable bonds is 15. The van der Waals surface area contributed by atoms with Gasteiger partial charge in [0.05, 0.1) is 24.3 Å². The Morgan fingerprint density at radius 3 is 2.40 bits per heavy atom. The normalized spacial score (nSPS) is 16.7. The second-order valence-electron chi connectivity index (χ2n) is 13.2. The predicted octanol–water partition coefficient (Wildman–Crippen LogP) is 2.98. The zero-order chi connectivity index (χ0) is 39.3. The second kappa shape index (κ2) is 16.4.